The van der Waals surface area contributed by atoms with Crippen LogP contribution in [0.3, 0.4) is 0 Å². The van der Waals surface area contributed by atoms with E-state index < -0.39 is 12.1 Å². The quantitative estimate of drug-likeness (QED) is 0.707. The number of hydrogen-bond donors (Lipinski definition) is 2. The average Bonchev–Trinajstić information content (AvgIpc) is 2.27. The Kier molecular flexibility index (Phi) is 3.68. The topological polar surface area (TPSA) is 55.5 Å². The molecule has 3 nitrogen and oxygen atoms in total. The molecule has 1 rings (SSSR count). The van der Waals surface area contributed by atoms with Crippen LogP contribution in [0.5, 0.6) is 5.75 Å². The molecule has 0 unspecified atom stereocenters. The van der Waals surface area contributed by atoms with Gasteiger partial charge in [0.15, 0.2) is 0 Å². The van der Waals surface area contributed by atoms with Gasteiger partial charge in [0.05, 0.1) is 19.3 Å². The molecule has 0 aliphatic carbocycles. The molecule has 1 aromatic rings. The van der Waals surface area contributed by atoms with Crippen LogP contribution >= 0.6 is 0 Å². The minimum atomic E-state index is -0.719. The monoisotopic (exact) mass is 193 g/mol. The summed E-state index contributed by atoms with van der Waals surface area (Å²) in [5.41, 5.74) is 6.64. The highest BCUT2D eigenvalue weighted by Gasteiger charge is 2.12. The summed E-state index contributed by atoms with van der Waals surface area (Å²) in [6.07, 6.45) is 0.706. The summed E-state index contributed by atoms with van der Waals surface area (Å²) in [5, 5.41) is 9.43. The summed E-state index contributed by atoms with van der Waals surface area (Å²) in [6, 6.07) is 6.85. The lowest BCUT2D eigenvalue weighted by atomic mass is 10.0. The predicted octanol–water partition coefficient (Wildman–Crippen LogP) is 1.24. The van der Waals surface area contributed by atoms with Crippen LogP contribution in [0.2, 0.25) is 0 Å². The molecule has 0 aromatic heterocycles. The van der Waals surface area contributed by atoms with Crippen molar-refractivity contribution in [1.29, 1.82) is 0 Å². The highest BCUT2D eigenvalue weighted by atomic mass is 16.5. The van der Waals surface area contributed by atoms with Crippen molar-refractivity contribution in [3.8, 4) is 5.75 Å². The number of ether oxygens (including phenoxy) is 1. The lowest BCUT2D eigenvalue weighted by molar-refractivity contribution is 0.192. The Bertz CT molecular complexity index is 295. The summed E-state index contributed by atoms with van der Waals surface area (Å²) in [4.78, 5) is 0. The van der Waals surface area contributed by atoms with Crippen LogP contribution in [0.1, 0.15) is 11.6 Å². The fraction of sp³-hybridized carbons (Fsp3) is 0.273. The van der Waals surface area contributed by atoms with Gasteiger partial charge >= 0.3 is 0 Å². The Morgan fingerprint density at radius 1 is 1.43 bits per heavy atom. The molecule has 0 amide bonds. The molecule has 0 fully saturated rings. The number of aliphatic hydroxyl groups excluding tert-OH is 1. The van der Waals surface area contributed by atoms with E-state index >= 15 is 0 Å². The van der Waals surface area contributed by atoms with E-state index in [4.69, 9.17) is 10.5 Å². The first kappa shape index (κ1) is 10.8. The van der Waals surface area contributed by atoms with Crippen LogP contribution in [0.4, 0.5) is 0 Å². The van der Waals surface area contributed by atoms with Gasteiger partial charge in [0.2, 0.25) is 0 Å². The smallest absolute Gasteiger partial charge is 0.118 e. The standard InChI is InChI=1S/C11H15NO2/c1-3-10(13)11(12)8-4-6-9(14-2)7-5-8/h3-7,10-11,13H,1,12H2,2H3/t10-,11-/m0/s1. The number of aliphatic hydroxyl groups is 1. The first-order chi connectivity index (χ1) is 6.69. The maximum atomic E-state index is 9.43. The second-order valence-corrected chi connectivity index (χ2v) is 3.03. The highest BCUT2D eigenvalue weighted by Crippen LogP contribution is 2.18. The van der Waals surface area contributed by atoms with Gasteiger partial charge in [-0.05, 0) is 17.7 Å². The van der Waals surface area contributed by atoms with Crippen molar-refractivity contribution in [2.75, 3.05) is 7.11 Å². The molecule has 3 heteroatoms. The van der Waals surface area contributed by atoms with Crippen LogP contribution in [0.25, 0.3) is 0 Å². The van der Waals surface area contributed by atoms with Crippen LogP contribution in [-0.4, -0.2) is 18.3 Å². The van der Waals surface area contributed by atoms with Crippen molar-refractivity contribution >= 4 is 0 Å². The summed E-state index contributed by atoms with van der Waals surface area (Å²) in [6.45, 7) is 3.49. The molecule has 0 radical (unpaired) electrons. The molecule has 0 aliphatic heterocycles. The van der Waals surface area contributed by atoms with Crippen molar-refractivity contribution in [3.63, 3.8) is 0 Å². The number of rotatable bonds is 4. The van der Waals surface area contributed by atoms with Gasteiger partial charge in [-0.2, -0.15) is 0 Å². The van der Waals surface area contributed by atoms with Gasteiger partial charge in [-0.15, -0.1) is 6.58 Å². The van der Waals surface area contributed by atoms with Gasteiger partial charge in [0.1, 0.15) is 5.75 Å². The van der Waals surface area contributed by atoms with E-state index in [1.807, 2.05) is 24.3 Å². The third-order valence-electron chi connectivity index (χ3n) is 2.11. The molecule has 0 bridgehead atoms. The van der Waals surface area contributed by atoms with E-state index in [2.05, 4.69) is 6.58 Å². The number of hydrogen-bond acceptors (Lipinski definition) is 3. The molecule has 0 aliphatic rings. The van der Waals surface area contributed by atoms with E-state index in [0.29, 0.717) is 0 Å². The molecule has 2 atom stereocenters. The molecule has 0 saturated carbocycles. The molecule has 76 valence electrons. The van der Waals surface area contributed by atoms with Crippen molar-refractivity contribution in [2.45, 2.75) is 12.1 Å². The van der Waals surface area contributed by atoms with Gasteiger partial charge in [0.25, 0.3) is 0 Å². The first-order valence-electron chi connectivity index (χ1n) is 4.39. The maximum absolute atomic E-state index is 9.43. The van der Waals surface area contributed by atoms with Gasteiger partial charge in [-0.1, -0.05) is 18.2 Å². The molecule has 0 heterocycles. The summed E-state index contributed by atoms with van der Waals surface area (Å²) >= 11 is 0. The van der Waals surface area contributed by atoms with Gasteiger partial charge in [-0.25, -0.2) is 0 Å². The molecule has 1 aromatic carbocycles. The van der Waals surface area contributed by atoms with E-state index in [-0.39, 0.29) is 0 Å². The average molecular weight is 193 g/mol. The molecular formula is C11H15NO2. The summed E-state index contributed by atoms with van der Waals surface area (Å²) in [7, 11) is 1.60. The van der Waals surface area contributed by atoms with E-state index in [9.17, 15) is 5.11 Å². The van der Waals surface area contributed by atoms with Crippen molar-refractivity contribution < 1.29 is 9.84 Å². The normalized spacial score (nSPS) is 14.5. The van der Waals surface area contributed by atoms with E-state index in [1.165, 1.54) is 6.08 Å². The fourth-order valence-electron chi connectivity index (χ4n) is 1.17. The number of nitrogens with two attached hydrogens (primary N) is 1. The zero-order valence-corrected chi connectivity index (χ0v) is 8.18. The minimum Gasteiger partial charge on any atom is -0.497 e. The molecule has 0 spiro atoms. The molecule has 14 heavy (non-hydrogen) atoms. The zero-order chi connectivity index (χ0) is 10.6. The van der Waals surface area contributed by atoms with Crippen molar-refractivity contribution in [2.24, 2.45) is 5.73 Å². The highest BCUT2D eigenvalue weighted by molar-refractivity contribution is 5.29. The maximum Gasteiger partial charge on any atom is 0.118 e. The first-order valence-corrected chi connectivity index (χ1v) is 4.39. The Hall–Kier alpha value is -1.32. The fourth-order valence-corrected chi connectivity index (χ4v) is 1.17. The predicted molar refractivity (Wildman–Crippen MR) is 56.1 cm³/mol. The van der Waals surface area contributed by atoms with E-state index in [0.717, 1.165) is 11.3 Å². The largest absolute Gasteiger partial charge is 0.497 e. The van der Waals surface area contributed by atoms with E-state index in [1.54, 1.807) is 7.11 Å². The van der Waals surface area contributed by atoms with Crippen LogP contribution < -0.4 is 10.5 Å². The summed E-state index contributed by atoms with van der Waals surface area (Å²) < 4.78 is 5.01. The van der Waals surface area contributed by atoms with Crippen molar-refractivity contribution in [1.82, 2.24) is 0 Å². The third kappa shape index (κ3) is 2.34. The lowest BCUT2D eigenvalue weighted by Crippen LogP contribution is -2.23. The van der Waals surface area contributed by atoms with Crippen LogP contribution in [0.15, 0.2) is 36.9 Å². The molecule has 0 saturated heterocycles. The second kappa shape index (κ2) is 4.79. The Morgan fingerprint density at radius 3 is 2.43 bits per heavy atom. The molecular weight excluding hydrogens is 178 g/mol. The van der Waals surface area contributed by atoms with Crippen LogP contribution in [0, 0.1) is 0 Å². The minimum absolute atomic E-state index is 0.432. The third-order valence-corrected chi connectivity index (χ3v) is 2.11. The van der Waals surface area contributed by atoms with Gasteiger partial charge < -0.3 is 15.6 Å². The Balaban J connectivity index is 2.80. The SMILES string of the molecule is C=C[C@H](O)[C@@H](N)c1ccc(OC)cc1. The lowest BCUT2D eigenvalue weighted by Gasteiger charge is -2.15. The number of methoxy groups -OCH3 is 1. The van der Waals surface area contributed by atoms with Gasteiger partial charge in [-0.3, -0.25) is 0 Å². The van der Waals surface area contributed by atoms with Crippen LogP contribution in [-0.2, 0) is 0 Å². The number of benzene rings is 1. The molecule has 3 N–H and O–H groups in total. The summed E-state index contributed by atoms with van der Waals surface area (Å²) in [5.74, 6) is 0.772. The van der Waals surface area contributed by atoms with Crippen molar-refractivity contribution in [3.05, 3.63) is 42.5 Å². The zero-order valence-electron chi connectivity index (χ0n) is 8.18. The Morgan fingerprint density at radius 2 is 2.00 bits per heavy atom. The Labute approximate surface area is 83.8 Å². The second-order valence-electron chi connectivity index (χ2n) is 3.03. The van der Waals surface area contributed by atoms with Gasteiger partial charge in [0, 0.05) is 0 Å².